The van der Waals surface area contributed by atoms with Crippen LogP contribution in [0.3, 0.4) is 0 Å². The molecule has 1 aliphatic rings. The Bertz CT molecular complexity index is 967. The molecular weight excluding hydrogens is 382 g/mol. The predicted octanol–water partition coefficient (Wildman–Crippen LogP) is 3.15. The number of aromatic nitrogens is 2. The van der Waals surface area contributed by atoms with Gasteiger partial charge in [-0.2, -0.15) is 4.98 Å². The van der Waals surface area contributed by atoms with Gasteiger partial charge in [-0.3, -0.25) is 4.79 Å². The predicted molar refractivity (Wildman–Crippen MR) is 111 cm³/mol. The maximum atomic E-state index is 12.4. The summed E-state index contributed by atoms with van der Waals surface area (Å²) >= 11 is 0. The van der Waals surface area contributed by atoms with Crippen molar-refractivity contribution in [2.24, 2.45) is 0 Å². The Hall–Kier alpha value is -3.19. The van der Waals surface area contributed by atoms with Gasteiger partial charge in [-0.25, -0.2) is 0 Å². The van der Waals surface area contributed by atoms with Crippen LogP contribution in [-0.4, -0.2) is 53.9 Å². The van der Waals surface area contributed by atoms with Gasteiger partial charge < -0.3 is 18.9 Å². The van der Waals surface area contributed by atoms with Crippen LogP contribution in [0.15, 0.2) is 59.1 Å². The van der Waals surface area contributed by atoms with E-state index in [-0.39, 0.29) is 12.0 Å². The number of methoxy groups -OCH3 is 1. The SMILES string of the molecule is COCCc1noc(-c2ccccc2OC2CN(C(=O)CCc3ccccc3)C2)n1. The van der Waals surface area contributed by atoms with E-state index in [1.54, 1.807) is 7.11 Å². The van der Waals surface area contributed by atoms with E-state index in [1.807, 2.05) is 59.5 Å². The number of aryl methyl sites for hydroxylation is 1. The highest BCUT2D eigenvalue weighted by molar-refractivity contribution is 5.77. The molecule has 0 spiro atoms. The first kappa shape index (κ1) is 20.1. The normalized spacial score (nSPS) is 13.8. The third-order valence-corrected chi connectivity index (χ3v) is 5.08. The van der Waals surface area contributed by atoms with Crippen LogP contribution in [0.4, 0.5) is 0 Å². The van der Waals surface area contributed by atoms with Crippen molar-refractivity contribution >= 4 is 5.91 Å². The summed E-state index contributed by atoms with van der Waals surface area (Å²) in [4.78, 5) is 18.7. The molecule has 0 unspecified atom stereocenters. The fraction of sp³-hybridized carbons (Fsp3) is 0.348. The van der Waals surface area contributed by atoms with Gasteiger partial charge >= 0.3 is 0 Å². The lowest BCUT2D eigenvalue weighted by atomic mass is 10.1. The van der Waals surface area contributed by atoms with E-state index < -0.39 is 0 Å². The molecule has 1 fully saturated rings. The van der Waals surface area contributed by atoms with Crippen molar-refractivity contribution in [3.8, 4) is 17.2 Å². The standard InChI is InChI=1S/C23H25N3O4/c1-28-14-13-21-24-23(30-25-21)19-9-5-6-10-20(19)29-18-15-26(16-18)22(27)12-11-17-7-3-2-4-8-17/h2-10,18H,11-16H2,1H3. The molecule has 0 atom stereocenters. The van der Waals surface area contributed by atoms with Crippen molar-refractivity contribution in [1.82, 2.24) is 15.0 Å². The maximum Gasteiger partial charge on any atom is 0.261 e. The van der Waals surface area contributed by atoms with Crippen LogP contribution >= 0.6 is 0 Å². The fourth-order valence-corrected chi connectivity index (χ4v) is 3.35. The topological polar surface area (TPSA) is 77.7 Å². The zero-order valence-electron chi connectivity index (χ0n) is 17.0. The third-order valence-electron chi connectivity index (χ3n) is 5.08. The summed E-state index contributed by atoms with van der Waals surface area (Å²) in [6.45, 7) is 1.71. The van der Waals surface area contributed by atoms with E-state index in [4.69, 9.17) is 14.0 Å². The number of rotatable bonds is 9. The van der Waals surface area contributed by atoms with E-state index in [2.05, 4.69) is 10.1 Å². The van der Waals surface area contributed by atoms with Gasteiger partial charge in [0, 0.05) is 20.0 Å². The summed E-state index contributed by atoms with van der Waals surface area (Å²) < 4.78 is 16.6. The maximum absolute atomic E-state index is 12.4. The summed E-state index contributed by atoms with van der Waals surface area (Å²) in [7, 11) is 1.64. The van der Waals surface area contributed by atoms with Gasteiger partial charge in [-0.15, -0.1) is 0 Å². The largest absolute Gasteiger partial charge is 0.486 e. The molecular formula is C23H25N3O4. The van der Waals surface area contributed by atoms with E-state index >= 15 is 0 Å². The second-order valence-electron chi connectivity index (χ2n) is 7.28. The van der Waals surface area contributed by atoms with Gasteiger partial charge in [0.25, 0.3) is 5.89 Å². The van der Waals surface area contributed by atoms with Crippen LogP contribution < -0.4 is 4.74 Å². The van der Waals surface area contributed by atoms with Crippen molar-refractivity contribution < 1.29 is 18.8 Å². The Morgan fingerprint density at radius 3 is 2.67 bits per heavy atom. The molecule has 0 bridgehead atoms. The van der Waals surface area contributed by atoms with Crippen LogP contribution in [-0.2, 0) is 22.4 Å². The number of nitrogens with zero attached hydrogens (tertiary/aromatic N) is 3. The Labute approximate surface area is 175 Å². The van der Waals surface area contributed by atoms with Crippen molar-refractivity contribution in [2.75, 3.05) is 26.8 Å². The number of carbonyl (C=O) groups is 1. The summed E-state index contributed by atoms with van der Waals surface area (Å²) in [5.41, 5.74) is 1.93. The number of carbonyl (C=O) groups excluding carboxylic acids is 1. The van der Waals surface area contributed by atoms with Crippen LogP contribution in [0.25, 0.3) is 11.5 Å². The van der Waals surface area contributed by atoms with Crippen LogP contribution in [0, 0.1) is 0 Å². The monoisotopic (exact) mass is 407 g/mol. The van der Waals surface area contributed by atoms with Gasteiger partial charge in [0.1, 0.15) is 11.9 Å². The number of benzene rings is 2. The fourth-order valence-electron chi connectivity index (χ4n) is 3.35. The van der Waals surface area contributed by atoms with Crippen molar-refractivity contribution in [2.45, 2.75) is 25.4 Å². The first-order valence-electron chi connectivity index (χ1n) is 10.1. The molecule has 0 aliphatic carbocycles. The zero-order valence-corrected chi connectivity index (χ0v) is 17.0. The molecule has 1 aromatic heterocycles. The molecule has 156 valence electrons. The molecule has 0 saturated carbocycles. The van der Waals surface area contributed by atoms with E-state index in [0.717, 1.165) is 12.0 Å². The average Bonchev–Trinajstić information content (AvgIpc) is 3.22. The number of amides is 1. The highest BCUT2D eigenvalue weighted by Crippen LogP contribution is 2.30. The van der Waals surface area contributed by atoms with Crippen molar-refractivity contribution in [1.29, 1.82) is 0 Å². The van der Waals surface area contributed by atoms with Crippen LogP contribution in [0.5, 0.6) is 5.75 Å². The number of likely N-dealkylation sites (tertiary alicyclic amines) is 1. The lowest BCUT2D eigenvalue weighted by Crippen LogP contribution is -2.56. The van der Waals surface area contributed by atoms with Crippen LogP contribution in [0.2, 0.25) is 0 Å². The highest BCUT2D eigenvalue weighted by atomic mass is 16.5. The van der Waals surface area contributed by atoms with E-state index in [1.165, 1.54) is 5.56 Å². The minimum absolute atomic E-state index is 0.0392. The van der Waals surface area contributed by atoms with E-state index in [0.29, 0.717) is 50.0 Å². The Balaban J connectivity index is 1.31. The Morgan fingerprint density at radius 2 is 1.87 bits per heavy atom. The number of para-hydroxylation sites is 1. The van der Waals surface area contributed by atoms with Gasteiger partial charge in [0.05, 0.1) is 25.3 Å². The highest BCUT2D eigenvalue weighted by Gasteiger charge is 2.32. The first-order chi connectivity index (χ1) is 14.7. The summed E-state index contributed by atoms with van der Waals surface area (Å²) in [5, 5.41) is 3.99. The zero-order chi connectivity index (χ0) is 20.8. The molecule has 3 aromatic rings. The Morgan fingerprint density at radius 1 is 1.10 bits per heavy atom. The minimum atomic E-state index is -0.0392. The van der Waals surface area contributed by atoms with Gasteiger partial charge in [-0.05, 0) is 24.1 Å². The van der Waals surface area contributed by atoms with Gasteiger partial charge in [0.2, 0.25) is 5.91 Å². The molecule has 0 N–H and O–H groups in total. The van der Waals surface area contributed by atoms with E-state index in [9.17, 15) is 4.79 Å². The molecule has 7 nitrogen and oxygen atoms in total. The Kier molecular flexibility index (Phi) is 6.39. The smallest absolute Gasteiger partial charge is 0.261 e. The van der Waals surface area contributed by atoms with Gasteiger partial charge in [0.15, 0.2) is 5.82 Å². The number of hydrogen-bond acceptors (Lipinski definition) is 6. The molecule has 0 radical (unpaired) electrons. The quantitative estimate of drug-likeness (QED) is 0.542. The molecule has 30 heavy (non-hydrogen) atoms. The van der Waals surface area contributed by atoms with Crippen molar-refractivity contribution in [3.05, 3.63) is 66.0 Å². The molecule has 4 rings (SSSR count). The second kappa shape index (κ2) is 9.54. The minimum Gasteiger partial charge on any atom is -0.486 e. The third kappa shape index (κ3) is 4.86. The number of ether oxygens (including phenoxy) is 2. The molecule has 1 saturated heterocycles. The molecule has 7 heteroatoms. The first-order valence-corrected chi connectivity index (χ1v) is 10.1. The van der Waals surface area contributed by atoms with Gasteiger partial charge in [-0.1, -0.05) is 47.6 Å². The second-order valence-corrected chi connectivity index (χ2v) is 7.28. The molecule has 1 amide bonds. The lowest BCUT2D eigenvalue weighted by Gasteiger charge is -2.39. The summed E-state index contributed by atoms with van der Waals surface area (Å²) in [6, 6.07) is 17.6. The van der Waals surface area contributed by atoms with Crippen LogP contribution in [0.1, 0.15) is 17.8 Å². The van der Waals surface area contributed by atoms with Crippen molar-refractivity contribution in [3.63, 3.8) is 0 Å². The molecule has 2 aromatic carbocycles. The average molecular weight is 407 g/mol. The molecule has 1 aliphatic heterocycles. The summed E-state index contributed by atoms with van der Waals surface area (Å²) in [6.07, 6.45) is 1.82. The number of hydrogen-bond donors (Lipinski definition) is 0. The summed E-state index contributed by atoms with van der Waals surface area (Å²) in [5.74, 6) is 1.86. The molecule has 2 heterocycles. The lowest BCUT2D eigenvalue weighted by molar-refractivity contribution is -0.139.